The molecular weight excluding hydrogens is 144 g/mol. The van der Waals surface area contributed by atoms with E-state index in [1.165, 1.54) is 0 Å². The van der Waals surface area contributed by atoms with Gasteiger partial charge in [-0.1, -0.05) is 0 Å². The van der Waals surface area contributed by atoms with Crippen LogP contribution in [0.15, 0.2) is 0 Å². The molecule has 11 heavy (non-hydrogen) atoms. The van der Waals surface area contributed by atoms with Crippen LogP contribution >= 0.6 is 0 Å². The number of rotatable bonds is 1. The van der Waals surface area contributed by atoms with Gasteiger partial charge in [0.05, 0.1) is 19.3 Å². The molecule has 2 fully saturated rings. The molecule has 2 aliphatic rings. The number of hydrogen-bond donors (Lipinski definition) is 1. The number of nitrogens with zero attached hydrogens (tertiary/aromatic N) is 2. The fraction of sp³-hybridized carbons (Fsp3) is 1.00. The Morgan fingerprint density at radius 3 is 2.27 bits per heavy atom. The summed E-state index contributed by atoms with van der Waals surface area (Å²) in [7, 11) is 0. The molecule has 0 bridgehead atoms. The van der Waals surface area contributed by atoms with Crippen LogP contribution in [0.5, 0.6) is 0 Å². The summed E-state index contributed by atoms with van der Waals surface area (Å²) in [6.07, 6.45) is -0.0992. The van der Waals surface area contributed by atoms with Crippen LogP contribution in [0.1, 0.15) is 0 Å². The predicted molar refractivity (Wildman–Crippen MR) is 40.0 cm³/mol. The Hall–Kier alpha value is -0.160. The Balaban J connectivity index is 1.76. The molecule has 4 heteroatoms. The molecule has 2 aliphatic heterocycles. The molecule has 1 N–H and O–H groups in total. The highest BCUT2D eigenvalue weighted by Gasteiger charge is 2.29. The molecule has 0 unspecified atom stereocenters. The highest BCUT2D eigenvalue weighted by Crippen LogP contribution is 2.12. The van der Waals surface area contributed by atoms with Crippen LogP contribution in [-0.2, 0) is 4.74 Å². The average Bonchev–Trinajstić information content (AvgIpc) is 2.01. The quantitative estimate of drug-likeness (QED) is 0.526. The molecule has 0 aliphatic carbocycles. The molecule has 2 rings (SSSR count). The van der Waals surface area contributed by atoms with Gasteiger partial charge in [0, 0.05) is 26.2 Å². The van der Waals surface area contributed by atoms with Gasteiger partial charge in [-0.15, -0.1) is 0 Å². The van der Waals surface area contributed by atoms with E-state index in [0.717, 1.165) is 39.4 Å². The van der Waals surface area contributed by atoms with Crippen LogP contribution in [0.4, 0.5) is 0 Å². The van der Waals surface area contributed by atoms with Gasteiger partial charge in [0.25, 0.3) is 0 Å². The lowest BCUT2D eigenvalue weighted by Gasteiger charge is -2.45. The number of hydrazine groups is 1. The van der Waals surface area contributed by atoms with Crippen LogP contribution in [-0.4, -0.2) is 60.6 Å². The maximum absolute atomic E-state index is 9.05. The third-order valence-electron chi connectivity index (χ3n) is 2.23. The van der Waals surface area contributed by atoms with Crippen LogP contribution in [0.2, 0.25) is 0 Å². The molecule has 0 aromatic carbocycles. The molecule has 0 atom stereocenters. The molecular formula is C7H14N2O2. The number of β-amino-alcohol motifs (C(OH)–C–C–N with tert-alkyl or cyclic N) is 1. The summed E-state index contributed by atoms with van der Waals surface area (Å²) in [6, 6.07) is 0. The second kappa shape index (κ2) is 3.06. The number of morpholine rings is 1. The molecule has 0 saturated carbocycles. The van der Waals surface area contributed by atoms with Crippen molar-refractivity contribution in [2.75, 3.05) is 39.4 Å². The third-order valence-corrected chi connectivity index (χ3v) is 2.23. The normalized spacial score (nSPS) is 30.3. The van der Waals surface area contributed by atoms with Crippen LogP contribution in [0.25, 0.3) is 0 Å². The van der Waals surface area contributed by atoms with E-state index >= 15 is 0 Å². The second-order valence-electron chi connectivity index (χ2n) is 3.09. The summed E-state index contributed by atoms with van der Waals surface area (Å²) >= 11 is 0. The van der Waals surface area contributed by atoms with Crippen LogP contribution in [0, 0.1) is 0 Å². The van der Waals surface area contributed by atoms with E-state index in [4.69, 9.17) is 9.84 Å². The van der Waals surface area contributed by atoms with E-state index in [1.807, 2.05) is 0 Å². The minimum absolute atomic E-state index is 0.0992. The largest absolute Gasteiger partial charge is 0.390 e. The smallest absolute Gasteiger partial charge is 0.0822 e. The van der Waals surface area contributed by atoms with Crippen molar-refractivity contribution in [2.45, 2.75) is 6.10 Å². The van der Waals surface area contributed by atoms with Gasteiger partial charge >= 0.3 is 0 Å². The third kappa shape index (κ3) is 1.54. The molecule has 0 spiro atoms. The van der Waals surface area contributed by atoms with E-state index < -0.39 is 0 Å². The van der Waals surface area contributed by atoms with Crippen LogP contribution in [0.3, 0.4) is 0 Å². The van der Waals surface area contributed by atoms with E-state index in [9.17, 15) is 0 Å². The van der Waals surface area contributed by atoms with Crippen molar-refractivity contribution in [3.8, 4) is 0 Å². The highest BCUT2D eigenvalue weighted by molar-refractivity contribution is 4.77. The van der Waals surface area contributed by atoms with Crippen molar-refractivity contribution >= 4 is 0 Å². The van der Waals surface area contributed by atoms with E-state index in [0.29, 0.717) is 0 Å². The van der Waals surface area contributed by atoms with E-state index in [1.54, 1.807) is 0 Å². The maximum atomic E-state index is 9.05. The maximum Gasteiger partial charge on any atom is 0.0822 e. The predicted octanol–water partition coefficient (Wildman–Crippen LogP) is -1.09. The van der Waals surface area contributed by atoms with Gasteiger partial charge in [0.2, 0.25) is 0 Å². The first-order valence-corrected chi connectivity index (χ1v) is 4.12. The van der Waals surface area contributed by atoms with Gasteiger partial charge in [-0.05, 0) is 0 Å². The van der Waals surface area contributed by atoms with Crippen molar-refractivity contribution < 1.29 is 9.84 Å². The Kier molecular flexibility index (Phi) is 2.09. The summed E-state index contributed by atoms with van der Waals surface area (Å²) in [4.78, 5) is 0. The number of aliphatic hydroxyl groups excluding tert-OH is 1. The van der Waals surface area contributed by atoms with Crippen molar-refractivity contribution in [2.24, 2.45) is 0 Å². The Morgan fingerprint density at radius 2 is 1.73 bits per heavy atom. The van der Waals surface area contributed by atoms with Crippen molar-refractivity contribution in [3.63, 3.8) is 0 Å². The Morgan fingerprint density at radius 1 is 1.09 bits per heavy atom. The minimum atomic E-state index is -0.0992. The Labute approximate surface area is 66.3 Å². The summed E-state index contributed by atoms with van der Waals surface area (Å²) in [5, 5.41) is 13.5. The summed E-state index contributed by atoms with van der Waals surface area (Å²) in [6.45, 7) is 5.22. The van der Waals surface area contributed by atoms with Gasteiger partial charge < -0.3 is 9.84 Å². The SMILES string of the molecule is OC1CN(N2CCOCC2)C1. The average molecular weight is 158 g/mol. The lowest BCUT2D eigenvalue weighted by molar-refractivity contribution is -0.164. The first kappa shape index (κ1) is 7.49. The molecule has 2 saturated heterocycles. The topological polar surface area (TPSA) is 35.9 Å². The van der Waals surface area contributed by atoms with Crippen molar-refractivity contribution in [1.82, 2.24) is 10.0 Å². The highest BCUT2D eigenvalue weighted by atomic mass is 16.5. The zero-order valence-electron chi connectivity index (χ0n) is 6.57. The van der Waals surface area contributed by atoms with E-state index in [-0.39, 0.29) is 6.10 Å². The summed E-state index contributed by atoms with van der Waals surface area (Å²) in [5.74, 6) is 0. The summed E-state index contributed by atoms with van der Waals surface area (Å²) in [5.41, 5.74) is 0. The zero-order valence-corrected chi connectivity index (χ0v) is 6.57. The monoisotopic (exact) mass is 158 g/mol. The molecule has 0 radical (unpaired) electrons. The molecule has 0 aromatic rings. The molecule has 64 valence electrons. The van der Waals surface area contributed by atoms with Gasteiger partial charge in [-0.25, -0.2) is 10.0 Å². The first-order chi connectivity index (χ1) is 5.36. The fourth-order valence-corrected chi connectivity index (χ4v) is 1.50. The van der Waals surface area contributed by atoms with Gasteiger partial charge in [0.1, 0.15) is 0 Å². The number of aliphatic hydroxyl groups is 1. The van der Waals surface area contributed by atoms with Crippen molar-refractivity contribution in [3.05, 3.63) is 0 Å². The minimum Gasteiger partial charge on any atom is -0.390 e. The fourth-order valence-electron chi connectivity index (χ4n) is 1.50. The molecule has 0 aromatic heterocycles. The Bertz CT molecular complexity index is 130. The van der Waals surface area contributed by atoms with E-state index in [2.05, 4.69) is 10.0 Å². The van der Waals surface area contributed by atoms with Crippen LogP contribution < -0.4 is 0 Å². The first-order valence-electron chi connectivity index (χ1n) is 4.12. The van der Waals surface area contributed by atoms with Gasteiger partial charge in [-0.2, -0.15) is 0 Å². The number of hydrogen-bond acceptors (Lipinski definition) is 4. The standard InChI is InChI=1S/C7H14N2O2/c10-7-5-9(6-7)8-1-3-11-4-2-8/h7,10H,1-6H2. The van der Waals surface area contributed by atoms with Crippen molar-refractivity contribution in [1.29, 1.82) is 0 Å². The molecule has 4 nitrogen and oxygen atoms in total. The second-order valence-corrected chi connectivity index (χ2v) is 3.09. The number of ether oxygens (including phenoxy) is 1. The molecule has 0 amide bonds. The van der Waals surface area contributed by atoms with Gasteiger partial charge in [-0.3, -0.25) is 0 Å². The molecule has 2 heterocycles. The zero-order chi connectivity index (χ0) is 7.68. The van der Waals surface area contributed by atoms with Gasteiger partial charge in [0.15, 0.2) is 0 Å². The summed E-state index contributed by atoms with van der Waals surface area (Å²) < 4.78 is 5.21. The lowest BCUT2D eigenvalue weighted by Crippen LogP contribution is -2.61. The lowest BCUT2D eigenvalue weighted by atomic mass is 10.2.